The van der Waals surface area contributed by atoms with Gasteiger partial charge in [0.05, 0.1) is 0 Å². The summed E-state index contributed by atoms with van der Waals surface area (Å²) in [5.74, 6) is 1.92. The second-order valence-corrected chi connectivity index (χ2v) is 3.76. The Morgan fingerprint density at radius 3 is 2.40 bits per heavy atom. The molecule has 0 radical (unpaired) electrons. The average molecular weight is 141 g/mol. The van der Waals surface area contributed by atoms with Crippen LogP contribution in [-0.2, 0) is 0 Å². The Balaban J connectivity index is 2.10. The first-order chi connectivity index (χ1) is 4.83. The molecule has 0 saturated heterocycles. The minimum atomic E-state index is 0.308. The predicted molar refractivity (Wildman–Crippen MR) is 39.4 cm³/mol. The molecule has 0 aromatic heterocycles. The van der Waals surface area contributed by atoms with Gasteiger partial charge < -0.3 is 10.8 Å². The Bertz CT molecular complexity index is 135. The summed E-state index contributed by atoms with van der Waals surface area (Å²) < 4.78 is 0. The van der Waals surface area contributed by atoms with Gasteiger partial charge in [0.1, 0.15) is 0 Å². The molecule has 2 fully saturated rings. The van der Waals surface area contributed by atoms with Gasteiger partial charge in [-0.1, -0.05) is 0 Å². The van der Waals surface area contributed by atoms with E-state index in [0.717, 1.165) is 11.8 Å². The summed E-state index contributed by atoms with van der Waals surface area (Å²) in [6, 6.07) is 0.309. The fraction of sp³-hybridized carbons (Fsp3) is 1.00. The molecular formula is C8H15NO. The maximum atomic E-state index is 8.98. The molecule has 2 aliphatic rings. The summed E-state index contributed by atoms with van der Waals surface area (Å²) in [5.41, 5.74) is 5.91. The third-order valence-corrected chi connectivity index (χ3v) is 3.37. The third kappa shape index (κ3) is 0.722. The fourth-order valence-corrected chi connectivity index (χ4v) is 2.73. The van der Waals surface area contributed by atoms with Crippen molar-refractivity contribution < 1.29 is 5.11 Å². The molecule has 2 heteroatoms. The van der Waals surface area contributed by atoms with Crippen molar-refractivity contribution in [3.63, 3.8) is 0 Å². The van der Waals surface area contributed by atoms with Gasteiger partial charge in [-0.2, -0.15) is 0 Å². The zero-order valence-electron chi connectivity index (χ0n) is 6.16. The van der Waals surface area contributed by atoms with Gasteiger partial charge in [-0.15, -0.1) is 0 Å². The second-order valence-electron chi connectivity index (χ2n) is 3.76. The number of rotatable bonds is 1. The van der Waals surface area contributed by atoms with E-state index in [0.29, 0.717) is 18.6 Å². The first kappa shape index (κ1) is 6.62. The monoisotopic (exact) mass is 141 g/mol. The molecule has 0 aromatic carbocycles. The number of aliphatic hydroxyl groups excluding tert-OH is 1. The number of hydrogen-bond donors (Lipinski definition) is 2. The van der Waals surface area contributed by atoms with E-state index in [9.17, 15) is 0 Å². The van der Waals surface area contributed by atoms with Crippen molar-refractivity contribution in [3.8, 4) is 0 Å². The molecule has 2 saturated carbocycles. The van der Waals surface area contributed by atoms with Gasteiger partial charge in [0.25, 0.3) is 0 Å². The lowest BCUT2D eigenvalue weighted by Gasteiger charge is -2.25. The molecule has 2 bridgehead atoms. The van der Waals surface area contributed by atoms with Crippen LogP contribution < -0.4 is 5.73 Å². The maximum absolute atomic E-state index is 8.98. The Labute approximate surface area is 61.4 Å². The summed E-state index contributed by atoms with van der Waals surface area (Å²) >= 11 is 0. The lowest BCUT2D eigenvalue weighted by Crippen LogP contribution is -2.37. The number of nitrogens with two attached hydrogens (primary N) is 1. The SMILES string of the molecule is N[C@H]1[C@@H]2CCC(C2)[C@H]1CO. The molecule has 0 heterocycles. The van der Waals surface area contributed by atoms with Crippen LogP contribution in [0.4, 0.5) is 0 Å². The Morgan fingerprint density at radius 1 is 1.30 bits per heavy atom. The Morgan fingerprint density at radius 2 is 2.00 bits per heavy atom. The highest BCUT2D eigenvalue weighted by Crippen LogP contribution is 2.47. The maximum Gasteiger partial charge on any atom is 0.0476 e. The summed E-state index contributed by atoms with van der Waals surface area (Å²) in [5, 5.41) is 8.98. The van der Waals surface area contributed by atoms with E-state index in [1.165, 1.54) is 19.3 Å². The molecule has 0 aliphatic heterocycles. The first-order valence-corrected chi connectivity index (χ1v) is 4.19. The van der Waals surface area contributed by atoms with Gasteiger partial charge in [0, 0.05) is 18.6 Å². The van der Waals surface area contributed by atoms with Crippen LogP contribution in [0, 0.1) is 17.8 Å². The van der Waals surface area contributed by atoms with Crippen LogP contribution in [0.5, 0.6) is 0 Å². The molecule has 10 heavy (non-hydrogen) atoms. The van der Waals surface area contributed by atoms with Crippen molar-refractivity contribution >= 4 is 0 Å². The van der Waals surface area contributed by atoms with E-state index < -0.39 is 0 Å². The van der Waals surface area contributed by atoms with E-state index in [1.807, 2.05) is 0 Å². The highest BCUT2D eigenvalue weighted by Gasteiger charge is 2.44. The van der Waals surface area contributed by atoms with Crippen LogP contribution in [0.2, 0.25) is 0 Å². The third-order valence-electron chi connectivity index (χ3n) is 3.37. The van der Waals surface area contributed by atoms with E-state index in [4.69, 9.17) is 10.8 Å². The Hall–Kier alpha value is -0.0800. The summed E-state index contributed by atoms with van der Waals surface area (Å²) in [4.78, 5) is 0. The molecule has 2 nitrogen and oxygen atoms in total. The standard InChI is InChI=1S/C8H15NO/c9-8-6-2-1-5(3-6)7(8)4-10/h5-8,10H,1-4,9H2/t5?,6-,7-,8+/m1/s1. The van der Waals surface area contributed by atoms with E-state index in [-0.39, 0.29) is 0 Å². The molecule has 0 amide bonds. The van der Waals surface area contributed by atoms with E-state index in [2.05, 4.69) is 0 Å². The second kappa shape index (κ2) is 2.21. The van der Waals surface area contributed by atoms with Crippen molar-refractivity contribution in [2.75, 3.05) is 6.61 Å². The van der Waals surface area contributed by atoms with Gasteiger partial charge in [0.2, 0.25) is 0 Å². The van der Waals surface area contributed by atoms with Crippen molar-refractivity contribution in [3.05, 3.63) is 0 Å². The highest BCUT2D eigenvalue weighted by molar-refractivity contribution is 4.98. The minimum Gasteiger partial charge on any atom is -0.396 e. The molecule has 0 spiro atoms. The quantitative estimate of drug-likeness (QED) is 0.553. The molecular weight excluding hydrogens is 126 g/mol. The van der Waals surface area contributed by atoms with Crippen LogP contribution in [0.3, 0.4) is 0 Å². The van der Waals surface area contributed by atoms with Crippen LogP contribution >= 0.6 is 0 Å². The number of fused-ring (bicyclic) bond motifs is 2. The number of hydrogen-bond acceptors (Lipinski definition) is 2. The van der Waals surface area contributed by atoms with Crippen molar-refractivity contribution in [2.24, 2.45) is 23.5 Å². The van der Waals surface area contributed by atoms with Crippen LogP contribution in [0.1, 0.15) is 19.3 Å². The van der Waals surface area contributed by atoms with Crippen LogP contribution in [0.25, 0.3) is 0 Å². The lowest BCUT2D eigenvalue weighted by atomic mass is 9.86. The lowest BCUT2D eigenvalue weighted by molar-refractivity contribution is 0.159. The van der Waals surface area contributed by atoms with Gasteiger partial charge in [-0.25, -0.2) is 0 Å². The Kier molecular flexibility index (Phi) is 1.46. The molecule has 58 valence electrons. The molecule has 2 aliphatic carbocycles. The fourth-order valence-electron chi connectivity index (χ4n) is 2.73. The van der Waals surface area contributed by atoms with Crippen LogP contribution in [0.15, 0.2) is 0 Å². The molecule has 3 N–H and O–H groups in total. The summed E-state index contributed by atoms with van der Waals surface area (Å²) in [6.07, 6.45) is 3.90. The number of aliphatic hydroxyl groups is 1. The van der Waals surface area contributed by atoms with Gasteiger partial charge in [0.15, 0.2) is 0 Å². The molecule has 4 atom stereocenters. The average Bonchev–Trinajstić information content (AvgIpc) is 2.46. The topological polar surface area (TPSA) is 46.2 Å². The molecule has 2 rings (SSSR count). The van der Waals surface area contributed by atoms with Crippen LogP contribution in [-0.4, -0.2) is 17.8 Å². The molecule has 1 unspecified atom stereocenters. The summed E-state index contributed by atoms with van der Waals surface area (Å²) in [7, 11) is 0. The van der Waals surface area contributed by atoms with Gasteiger partial charge in [-0.05, 0) is 31.1 Å². The highest BCUT2D eigenvalue weighted by atomic mass is 16.3. The minimum absolute atomic E-state index is 0.308. The first-order valence-electron chi connectivity index (χ1n) is 4.19. The summed E-state index contributed by atoms with van der Waals surface area (Å²) in [6.45, 7) is 0.308. The smallest absolute Gasteiger partial charge is 0.0476 e. The van der Waals surface area contributed by atoms with Crippen molar-refractivity contribution in [2.45, 2.75) is 25.3 Å². The zero-order chi connectivity index (χ0) is 7.14. The largest absolute Gasteiger partial charge is 0.396 e. The van der Waals surface area contributed by atoms with Crippen molar-refractivity contribution in [1.29, 1.82) is 0 Å². The van der Waals surface area contributed by atoms with Crippen molar-refractivity contribution in [1.82, 2.24) is 0 Å². The van der Waals surface area contributed by atoms with Gasteiger partial charge in [-0.3, -0.25) is 0 Å². The van der Waals surface area contributed by atoms with E-state index >= 15 is 0 Å². The zero-order valence-corrected chi connectivity index (χ0v) is 6.16. The van der Waals surface area contributed by atoms with Gasteiger partial charge >= 0.3 is 0 Å². The molecule has 0 aromatic rings. The predicted octanol–water partition coefficient (Wildman–Crippen LogP) is 0.352. The van der Waals surface area contributed by atoms with E-state index in [1.54, 1.807) is 0 Å². The normalized spacial score (nSPS) is 52.2.